The highest BCUT2D eigenvalue weighted by molar-refractivity contribution is 5.83. The molecule has 20 heavy (non-hydrogen) atoms. The second kappa shape index (κ2) is 7.53. The highest BCUT2D eigenvalue weighted by Gasteiger charge is 2.23. The second-order valence-electron chi connectivity index (χ2n) is 4.99. The number of para-hydroxylation sites is 1. The minimum absolute atomic E-state index is 0.130. The molecule has 0 fully saturated rings. The third-order valence-electron chi connectivity index (χ3n) is 2.93. The van der Waals surface area contributed by atoms with E-state index in [-0.39, 0.29) is 24.9 Å². The monoisotopic (exact) mass is 279 g/mol. The van der Waals surface area contributed by atoms with Gasteiger partial charge in [-0.15, -0.1) is 0 Å². The lowest BCUT2D eigenvalue weighted by atomic mass is 10.0. The van der Waals surface area contributed by atoms with Crippen molar-refractivity contribution in [2.24, 2.45) is 5.92 Å². The Morgan fingerprint density at radius 2 is 1.95 bits per heavy atom. The Kier molecular flexibility index (Phi) is 6.03. The van der Waals surface area contributed by atoms with E-state index in [0.29, 0.717) is 0 Å². The Morgan fingerprint density at radius 1 is 1.30 bits per heavy atom. The summed E-state index contributed by atoms with van der Waals surface area (Å²) in [6, 6.07) is 6.67. The van der Waals surface area contributed by atoms with Crippen LogP contribution in [0.3, 0.4) is 0 Å². The van der Waals surface area contributed by atoms with Crippen LogP contribution in [0.25, 0.3) is 0 Å². The van der Waals surface area contributed by atoms with Crippen LogP contribution < -0.4 is 10.1 Å². The lowest BCUT2D eigenvalue weighted by Crippen LogP contribution is -2.44. The maximum absolute atomic E-state index is 11.7. The first-order valence-electron chi connectivity index (χ1n) is 6.62. The average Bonchev–Trinajstić information content (AvgIpc) is 2.37. The van der Waals surface area contributed by atoms with Gasteiger partial charge in [0.05, 0.1) is 13.0 Å². The van der Waals surface area contributed by atoms with Crippen molar-refractivity contribution in [1.82, 2.24) is 5.32 Å². The van der Waals surface area contributed by atoms with Crippen LogP contribution in [-0.4, -0.2) is 29.6 Å². The van der Waals surface area contributed by atoms with Crippen LogP contribution in [0.4, 0.5) is 0 Å². The van der Waals surface area contributed by atoms with Gasteiger partial charge < -0.3 is 15.2 Å². The number of aryl methyl sites for hydroxylation is 1. The molecule has 0 aromatic heterocycles. The van der Waals surface area contributed by atoms with E-state index in [1.165, 1.54) is 0 Å². The highest BCUT2D eigenvalue weighted by Crippen LogP contribution is 2.16. The molecule has 0 bridgehead atoms. The van der Waals surface area contributed by atoms with Crippen molar-refractivity contribution in [2.75, 3.05) is 6.61 Å². The zero-order valence-electron chi connectivity index (χ0n) is 12.1. The molecular formula is C15H21NO4. The Balaban J connectivity index is 2.40. The van der Waals surface area contributed by atoms with Crippen molar-refractivity contribution in [3.8, 4) is 5.75 Å². The molecule has 0 radical (unpaired) electrons. The fourth-order valence-electron chi connectivity index (χ4n) is 1.73. The Bertz CT molecular complexity index is 471. The number of carbonyl (C=O) groups is 2. The fraction of sp³-hybridized carbons (Fsp3) is 0.467. The van der Waals surface area contributed by atoms with E-state index in [9.17, 15) is 9.59 Å². The number of aliphatic carboxylic acids is 1. The zero-order valence-corrected chi connectivity index (χ0v) is 12.1. The zero-order chi connectivity index (χ0) is 15.1. The summed E-state index contributed by atoms with van der Waals surface area (Å²) < 4.78 is 5.50. The highest BCUT2D eigenvalue weighted by atomic mass is 16.5. The summed E-state index contributed by atoms with van der Waals surface area (Å²) in [5, 5.41) is 11.5. The molecule has 1 amide bonds. The van der Waals surface area contributed by atoms with Gasteiger partial charge in [0.1, 0.15) is 11.8 Å². The summed E-state index contributed by atoms with van der Waals surface area (Å²) in [5.74, 6) is -0.763. The number of hydrogen-bond donors (Lipinski definition) is 2. The molecule has 1 atom stereocenters. The molecule has 0 aliphatic rings. The molecule has 0 saturated heterocycles. The van der Waals surface area contributed by atoms with E-state index in [1.807, 2.05) is 31.2 Å². The van der Waals surface area contributed by atoms with Crippen LogP contribution in [0.1, 0.15) is 25.8 Å². The molecule has 1 aromatic rings. The van der Waals surface area contributed by atoms with Crippen LogP contribution in [0.5, 0.6) is 5.75 Å². The first-order chi connectivity index (χ1) is 9.41. The number of rotatable bonds is 7. The Labute approximate surface area is 118 Å². The molecule has 0 aliphatic carbocycles. The molecule has 0 spiro atoms. The Hall–Kier alpha value is -2.04. The Morgan fingerprint density at radius 3 is 2.50 bits per heavy atom. The van der Waals surface area contributed by atoms with Crippen LogP contribution in [0, 0.1) is 12.8 Å². The van der Waals surface area contributed by atoms with E-state index in [1.54, 1.807) is 13.8 Å². The minimum atomic E-state index is -1.02. The number of carboxylic acid groups (broad SMARTS) is 1. The largest absolute Gasteiger partial charge is 0.493 e. The third-order valence-corrected chi connectivity index (χ3v) is 2.93. The quantitative estimate of drug-likeness (QED) is 0.800. The molecule has 2 N–H and O–H groups in total. The predicted octanol–water partition coefficient (Wildman–Crippen LogP) is 1.99. The van der Waals surface area contributed by atoms with Crippen LogP contribution in [0.15, 0.2) is 24.3 Å². The van der Waals surface area contributed by atoms with Gasteiger partial charge in [-0.3, -0.25) is 4.79 Å². The lowest BCUT2D eigenvalue weighted by Gasteiger charge is -2.18. The van der Waals surface area contributed by atoms with Crippen molar-refractivity contribution < 1.29 is 19.4 Å². The molecular weight excluding hydrogens is 258 g/mol. The molecule has 0 heterocycles. The van der Waals surface area contributed by atoms with E-state index < -0.39 is 12.0 Å². The minimum Gasteiger partial charge on any atom is -0.493 e. The summed E-state index contributed by atoms with van der Waals surface area (Å²) >= 11 is 0. The van der Waals surface area contributed by atoms with Gasteiger partial charge in [0.2, 0.25) is 5.91 Å². The van der Waals surface area contributed by atoms with Gasteiger partial charge in [0.25, 0.3) is 0 Å². The van der Waals surface area contributed by atoms with Gasteiger partial charge in [-0.05, 0) is 24.5 Å². The number of carbonyl (C=O) groups excluding carboxylic acids is 1. The standard InChI is InChI=1S/C15H21NO4/c1-10(2)14(15(18)19)16-13(17)8-9-20-12-7-5-4-6-11(12)3/h4-7,10,14H,8-9H2,1-3H3,(H,16,17)(H,18,19)/t14-/m1/s1. The van der Waals surface area contributed by atoms with Gasteiger partial charge in [-0.25, -0.2) is 4.79 Å². The van der Waals surface area contributed by atoms with Gasteiger partial charge in [-0.2, -0.15) is 0 Å². The smallest absolute Gasteiger partial charge is 0.326 e. The van der Waals surface area contributed by atoms with Gasteiger partial charge in [-0.1, -0.05) is 32.0 Å². The maximum atomic E-state index is 11.7. The first kappa shape index (κ1) is 16.0. The SMILES string of the molecule is Cc1ccccc1OCCC(=O)N[C@@H](C(=O)O)C(C)C. The number of carboxylic acids is 1. The number of hydrogen-bond acceptors (Lipinski definition) is 3. The lowest BCUT2D eigenvalue weighted by molar-refractivity contribution is -0.143. The molecule has 110 valence electrons. The van der Waals surface area contributed by atoms with E-state index in [0.717, 1.165) is 11.3 Å². The van der Waals surface area contributed by atoms with Crippen molar-refractivity contribution in [1.29, 1.82) is 0 Å². The van der Waals surface area contributed by atoms with Crippen molar-refractivity contribution in [2.45, 2.75) is 33.2 Å². The summed E-state index contributed by atoms with van der Waals surface area (Å²) in [6.07, 6.45) is 0.130. The number of nitrogens with one attached hydrogen (secondary N) is 1. The second-order valence-corrected chi connectivity index (χ2v) is 4.99. The van der Waals surface area contributed by atoms with E-state index in [2.05, 4.69) is 5.32 Å². The predicted molar refractivity (Wildman–Crippen MR) is 75.7 cm³/mol. The summed E-state index contributed by atoms with van der Waals surface area (Å²) in [5.41, 5.74) is 0.999. The van der Waals surface area contributed by atoms with Gasteiger partial charge >= 0.3 is 5.97 Å². The summed E-state index contributed by atoms with van der Waals surface area (Å²) in [6.45, 7) is 5.65. The van der Waals surface area contributed by atoms with Crippen molar-refractivity contribution >= 4 is 11.9 Å². The fourth-order valence-corrected chi connectivity index (χ4v) is 1.73. The van der Waals surface area contributed by atoms with Crippen LogP contribution in [-0.2, 0) is 9.59 Å². The van der Waals surface area contributed by atoms with Gasteiger partial charge in [0, 0.05) is 0 Å². The average molecular weight is 279 g/mol. The number of amides is 1. The van der Waals surface area contributed by atoms with Crippen LogP contribution >= 0.6 is 0 Å². The van der Waals surface area contributed by atoms with Gasteiger partial charge in [0.15, 0.2) is 0 Å². The van der Waals surface area contributed by atoms with Crippen molar-refractivity contribution in [3.63, 3.8) is 0 Å². The molecule has 0 aliphatic heterocycles. The maximum Gasteiger partial charge on any atom is 0.326 e. The molecule has 1 aromatic carbocycles. The molecule has 1 rings (SSSR count). The summed E-state index contributed by atoms with van der Waals surface area (Å²) in [4.78, 5) is 22.7. The number of benzene rings is 1. The molecule has 0 unspecified atom stereocenters. The molecule has 0 saturated carbocycles. The summed E-state index contributed by atoms with van der Waals surface area (Å²) in [7, 11) is 0. The number of ether oxygens (including phenoxy) is 1. The third kappa shape index (κ3) is 4.91. The molecule has 5 nitrogen and oxygen atoms in total. The van der Waals surface area contributed by atoms with Crippen molar-refractivity contribution in [3.05, 3.63) is 29.8 Å². The van der Waals surface area contributed by atoms with Crippen LogP contribution in [0.2, 0.25) is 0 Å². The molecule has 5 heteroatoms. The van der Waals surface area contributed by atoms with E-state index in [4.69, 9.17) is 9.84 Å². The van der Waals surface area contributed by atoms with E-state index >= 15 is 0 Å². The topological polar surface area (TPSA) is 75.6 Å². The first-order valence-corrected chi connectivity index (χ1v) is 6.62. The normalized spacial score (nSPS) is 12.0.